The number of hydrogen-bond acceptors (Lipinski definition) is 4. The Kier molecular flexibility index (Phi) is 6.20. The minimum Gasteiger partial charge on any atom is -0.495 e. The summed E-state index contributed by atoms with van der Waals surface area (Å²) in [7, 11) is 1.52. The van der Waals surface area contributed by atoms with E-state index in [0.717, 1.165) is 4.90 Å². The van der Waals surface area contributed by atoms with Crippen LogP contribution in [-0.2, 0) is 4.79 Å². The van der Waals surface area contributed by atoms with Crippen LogP contribution in [0.3, 0.4) is 0 Å². The molecular weight excluding hydrogens is 331 g/mol. The van der Waals surface area contributed by atoms with E-state index >= 15 is 0 Å². The lowest BCUT2D eigenvalue weighted by Gasteiger charge is -2.12. The Balaban J connectivity index is 1.93. The molecule has 2 amide bonds. The number of rotatable bonds is 6. The number of nitrogens with one attached hydrogen (secondary N) is 2. The molecule has 0 radical (unpaired) electrons. The lowest BCUT2D eigenvalue weighted by Crippen LogP contribution is -2.32. The molecular formula is C17H17FN2O3S. The van der Waals surface area contributed by atoms with Gasteiger partial charge in [-0.15, -0.1) is 11.8 Å². The van der Waals surface area contributed by atoms with Crippen molar-refractivity contribution in [2.75, 3.05) is 25.2 Å². The summed E-state index contributed by atoms with van der Waals surface area (Å²) < 4.78 is 18.1. The van der Waals surface area contributed by atoms with Crippen molar-refractivity contribution in [2.45, 2.75) is 4.90 Å². The summed E-state index contributed by atoms with van der Waals surface area (Å²) in [6.07, 6.45) is 1.94. The van der Waals surface area contributed by atoms with Crippen molar-refractivity contribution in [2.24, 2.45) is 0 Å². The van der Waals surface area contributed by atoms with Gasteiger partial charge >= 0.3 is 0 Å². The number of ether oxygens (including phenoxy) is 1. The van der Waals surface area contributed by atoms with Gasteiger partial charge in [0.1, 0.15) is 11.6 Å². The van der Waals surface area contributed by atoms with E-state index in [0.29, 0.717) is 11.4 Å². The standard InChI is InChI=1S/C17H17FN2O3S/c1-23-15-9-13(24-2)7-8-14(15)20-16(21)10-19-17(22)11-3-5-12(18)6-4-11/h3-9H,10H2,1-2H3,(H,19,22)(H,20,21). The quantitative estimate of drug-likeness (QED) is 0.788. The fourth-order valence-corrected chi connectivity index (χ4v) is 2.39. The lowest BCUT2D eigenvalue weighted by molar-refractivity contribution is -0.115. The Labute approximate surface area is 143 Å². The normalized spacial score (nSPS) is 10.1. The van der Waals surface area contributed by atoms with E-state index in [-0.39, 0.29) is 18.0 Å². The summed E-state index contributed by atoms with van der Waals surface area (Å²) in [5, 5.41) is 5.16. The van der Waals surface area contributed by atoms with E-state index in [9.17, 15) is 14.0 Å². The summed E-state index contributed by atoms with van der Waals surface area (Å²) >= 11 is 1.56. The lowest BCUT2D eigenvalue weighted by atomic mass is 10.2. The molecule has 0 bridgehead atoms. The van der Waals surface area contributed by atoms with Gasteiger partial charge in [-0.2, -0.15) is 0 Å². The zero-order valence-electron chi connectivity index (χ0n) is 13.3. The molecule has 0 saturated carbocycles. The molecule has 5 nitrogen and oxygen atoms in total. The van der Waals surface area contributed by atoms with Crippen LogP contribution in [0.15, 0.2) is 47.4 Å². The van der Waals surface area contributed by atoms with Gasteiger partial charge in [-0.05, 0) is 48.7 Å². The monoisotopic (exact) mass is 348 g/mol. The fraction of sp³-hybridized carbons (Fsp3) is 0.176. The summed E-state index contributed by atoms with van der Waals surface area (Å²) in [5.74, 6) is -0.722. The van der Waals surface area contributed by atoms with E-state index in [2.05, 4.69) is 10.6 Å². The van der Waals surface area contributed by atoms with Crippen LogP contribution in [0, 0.1) is 5.82 Å². The number of carbonyl (C=O) groups is 2. The van der Waals surface area contributed by atoms with Gasteiger partial charge in [-0.3, -0.25) is 9.59 Å². The molecule has 2 aromatic rings. The molecule has 24 heavy (non-hydrogen) atoms. The average molecular weight is 348 g/mol. The van der Waals surface area contributed by atoms with E-state index in [4.69, 9.17) is 4.74 Å². The summed E-state index contributed by atoms with van der Waals surface area (Å²) in [5.41, 5.74) is 0.808. The minimum absolute atomic E-state index is 0.205. The van der Waals surface area contributed by atoms with Gasteiger partial charge in [0.15, 0.2) is 0 Å². The highest BCUT2D eigenvalue weighted by molar-refractivity contribution is 7.98. The molecule has 0 fully saturated rings. The third-order valence-corrected chi connectivity index (χ3v) is 3.92. The maximum atomic E-state index is 12.8. The maximum absolute atomic E-state index is 12.8. The van der Waals surface area contributed by atoms with Gasteiger partial charge in [-0.1, -0.05) is 0 Å². The van der Waals surface area contributed by atoms with Gasteiger partial charge < -0.3 is 15.4 Å². The highest BCUT2D eigenvalue weighted by atomic mass is 32.2. The number of halogens is 1. The Morgan fingerprint density at radius 3 is 2.50 bits per heavy atom. The Morgan fingerprint density at radius 2 is 1.88 bits per heavy atom. The largest absolute Gasteiger partial charge is 0.495 e. The van der Waals surface area contributed by atoms with Crippen LogP contribution in [0.2, 0.25) is 0 Å². The molecule has 2 aromatic carbocycles. The van der Waals surface area contributed by atoms with Gasteiger partial charge in [0.05, 0.1) is 19.3 Å². The van der Waals surface area contributed by atoms with Crippen LogP contribution in [-0.4, -0.2) is 31.7 Å². The Morgan fingerprint density at radius 1 is 1.17 bits per heavy atom. The molecule has 0 spiro atoms. The summed E-state index contributed by atoms with van der Waals surface area (Å²) in [6, 6.07) is 10.5. The van der Waals surface area contributed by atoms with Crippen LogP contribution in [0.5, 0.6) is 5.75 Å². The van der Waals surface area contributed by atoms with Crippen molar-refractivity contribution in [3.63, 3.8) is 0 Å². The van der Waals surface area contributed by atoms with E-state index in [1.165, 1.54) is 31.4 Å². The molecule has 7 heteroatoms. The molecule has 0 aliphatic heterocycles. The van der Waals surface area contributed by atoms with E-state index in [1.807, 2.05) is 18.4 Å². The Bertz CT molecular complexity index is 735. The van der Waals surface area contributed by atoms with Crippen molar-refractivity contribution in [3.8, 4) is 5.75 Å². The summed E-state index contributed by atoms with van der Waals surface area (Å²) in [4.78, 5) is 24.9. The fourth-order valence-electron chi connectivity index (χ4n) is 1.96. The van der Waals surface area contributed by atoms with E-state index in [1.54, 1.807) is 17.8 Å². The van der Waals surface area contributed by atoms with Crippen LogP contribution < -0.4 is 15.4 Å². The van der Waals surface area contributed by atoms with Crippen LogP contribution in [0.1, 0.15) is 10.4 Å². The maximum Gasteiger partial charge on any atom is 0.251 e. The van der Waals surface area contributed by atoms with Gasteiger partial charge in [0, 0.05) is 10.5 Å². The molecule has 0 heterocycles. The van der Waals surface area contributed by atoms with Crippen molar-refractivity contribution in [3.05, 3.63) is 53.8 Å². The predicted molar refractivity (Wildman–Crippen MR) is 92.1 cm³/mol. The predicted octanol–water partition coefficient (Wildman–Crippen LogP) is 2.92. The smallest absolute Gasteiger partial charge is 0.251 e. The first-order chi connectivity index (χ1) is 11.5. The number of amides is 2. The average Bonchev–Trinajstić information content (AvgIpc) is 2.60. The number of hydrogen-bond donors (Lipinski definition) is 2. The van der Waals surface area contributed by atoms with Crippen molar-refractivity contribution in [1.82, 2.24) is 5.32 Å². The Hall–Kier alpha value is -2.54. The molecule has 0 saturated heterocycles. The number of anilines is 1. The molecule has 0 aliphatic rings. The molecule has 0 atom stereocenters. The first-order valence-electron chi connectivity index (χ1n) is 7.09. The third kappa shape index (κ3) is 4.73. The van der Waals surface area contributed by atoms with Crippen LogP contribution >= 0.6 is 11.8 Å². The second-order valence-electron chi connectivity index (χ2n) is 4.80. The minimum atomic E-state index is -0.449. The zero-order chi connectivity index (χ0) is 17.5. The first kappa shape index (κ1) is 17.8. The third-order valence-electron chi connectivity index (χ3n) is 3.20. The zero-order valence-corrected chi connectivity index (χ0v) is 14.1. The number of carbonyl (C=O) groups excluding carboxylic acids is 2. The molecule has 2 N–H and O–H groups in total. The SMILES string of the molecule is COc1cc(SC)ccc1NC(=O)CNC(=O)c1ccc(F)cc1. The van der Waals surface area contributed by atoms with Crippen molar-refractivity contribution in [1.29, 1.82) is 0 Å². The van der Waals surface area contributed by atoms with Gasteiger partial charge in [-0.25, -0.2) is 4.39 Å². The molecule has 2 rings (SSSR count). The highest BCUT2D eigenvalue weighted by Crippen LogP contribution is 2.29. The molecule has 0 aliphatic carbocycles. The first-order valence-corrected chi connectivity index (χ1v) is 8.31. The second kappa shape index (κ2) is 8.35. The number of benzene rings is 2. The second-order valence-corrected chi connectivity index (χ2v) is 5.68. The topological polar surface area (TPSA) is 67.4 Å². The van der Waals surface area contributed by atoms with Gasteiger partial charge in [0.25, 0.3) is 5.91 Å². The van der Waals surface area contributed by atoms with Crippen LogP contribution in [0.25, 0.3) is 0 Å². The number of thioether (sulfide) groups is 1. The van der Waals surface area contributed by atoms with Crippen molar-refractivity contribution < 1.29 is 18.7 Å². The molecule has 126 valence electrons. The summed E-state index contributed by atoms with van der Waals surface area (Å²) in [6.45, 7) is -0.205. The molecule has 0 aromatic heterocycles. The number of methoxy groups -OCH3 is 1. The van der Waals surface area contributed by atoms with E-state index < -0.39 is 11.7 Å². The van der Waals surface area contributed by atoms with Crippen molar-refractivity contribution >= 4 is 29.3 Å². The highest BCUT2D eigenvalue weighted by Gasteiger charge is 2.11. The van der Waals surface area contributed by atoms with Crippen LogP contribution in [0.4, 0.5) is 10.1 Å². The molecule has 0 unspecified atom stereocenters. The van der Waals surface area contributed by atoms with Gasteiger partial charge in [0.2, 0.25) is 5.91 Å².